The van der Waals surface area contributed by atoms with Gasteiger partial charge in [0.05, 0.1) is 11.8 Å². The van der Waals surface area contributed by atoms with Crippen LogP contribution in [0.4, 0.5) is 5.82 Å². The van der Waals surface area contributed by atoms with Gasteiger partial charge in [0.15, 0.2) is 5.82 Å². The topological polar surface area (TPSA) is 78.9 Å². The van der Waals surface area contributed by atoms with Crippen molar-refractivity contribution >= 4 is 11.7 Å². The third-order valence-electron chi connectivity index (χ3n) is 2.93. The number of anilines is 1. The summed E-state index contributed by atoms with van der Waals surface area (Å²) in [7, 11) is 1.93. The molecule has 2 rings (SSSR count). The van der Waals surface area contributed by atoms with Crippen LogP contribution in [-0.4, -0.2) is 29.6 Å². The summed E-state index contributed by atoms with van der Waals surface area (Å²) in [5.74, 6) is 0.655. The Labute approximate surface area is 112 Å². The molecule has 2 aromatic rings. The second-order valence-electron chi connectivity index (χ2n) is 4.34. The second-order valence-corrected chi connectivity index (χ2v) is 4.34. The molecule has 0 saturated carbocycles. The third kappa shape index (κ3) is 3.28. The molecule has 0 atom stereocenters. The van der Waals surface area contributed by atoms with Crippen LogP contribution < -0.4 is 10.6 Å². The lowest BCUT2D eigenvalue weighted by atomic mass is 10.1. The van der Waals surface area contributed by atoms with Crippen LogP contribution in [-0.2, 0) is 6.42 Å². The van der Waals surface area contributed by atoms with E-state index in [2.05, 4.69) is 22.3 Å². The van der Waals surface area contributed by atoms with Crippen molar-refractivity contribution in [2.45, 2.75) is 6.42 Å². The van der Waals surface area contributed by atoms with Crippen molar-refractivity contribution in [3.63, 3.8) is 0 Å². The molecule has 0 aliphatic heterocycles. The smallest absolute Gasteiger partial charge is 0.162 e. The lowest BCUT2D eigenvalue weighted by Crippen LogP contribution is -2.26. The molecule has 0 spiro atoms. The largest absolute Gasteiger partial charge is 0.384 e. The Morgan fingerprint density at radius 1 is 1.26 bits per heavy atom. The molecule has 1 heterocycles. The maximum absolute atomic E-state index is 7.55. The number of nitrogens with one attached hydrogen (secondary N) is 1. The van der Waals surface area contributed by atoms with Crippen LogP contribution in [0.2, 0.25) is 0 Å². The summed E-state index contributed by atoms with van der Waals surface area (Å²) in [6.45, 7) is 0.795. The van der Waals surface area contributed by atoms with Crippen molar-refractivity contribution in [2.75, 3.05) is 18.5 Å². The summed E-state index contributed by atoms with van der Waals surface area (Å²) in [4.78, 5) is 1.97. The Hall–Kier alpha value is -2.43. The predicted molar refractivity (Wildman–Crippen MR) is 76.5 cm³/mol. The molecule has 19 heavy (non-hydrogen) atoms. The Balaban J connectivity index is 2.08. The average Bonchev–Trinajstić information content (AvgIpc) is 2.46. The number of rotatable bonds is 5. The predicted octanol–water partition coefficient (Wildman–Crippen LogP) is 1.44. The molecule has 1 aromatic heterocycles. The summed E-state index contributed by atoms with van der Waals surface area (Å²) < 4.78 is 0. The number of nitrogens with two attached hydrogens (primary N) is 1. The summed E-state index contributed by atoms with van der Waals surface area (Å²) in [5.41, 5.74) is 7.43. The molecule has 1 aromatic carbocycles. The van der Waals surface area contributed by atoms with Gasteiger partial charge in [0.25, 0.3) is 0 Å². The van der Waals surface area contributed by atoms with Crippen molar-refractivity contribution in [1.82, 2.24) is 10.2 Å². The van der Waals surface area contributed by atoms with Gasteiger partial charge in [-0.1, -0.05) is 30.3 Å². The number of benzene rings is 1. The van der Waals surface area contributed by atoms with Crippen LogP contribution in [0.5, 0.6) is 0 Å². The third-order valence-corrected chi connectivity index (χ3v) is 2.93. The average molecular weight is 255 g/mol. The van der Waals surface area contributed by atoms with Crippen molar-refractivity contribution in [3.05, 3.63) is 53.7 Å². The van der Waals surface area contributed by atoms with E-state index in [4.69, 9.17) is 11.1 Å². The van der Waals surface area contributed by atoms with E-state index in [1.165, 1.54) is 5.56 Å². The highest BCUT2D eigenvalue weighted by atomic mass is 15.2. The van der Waals surface area contributed by atoms with Gasteiger partial charge < -0.3 is 10.6 Å². The zero-order valence-corrected chi connectivity index (χ0v) is 10.9. The highest BCUT2D eigenvalue weighted by Gasteiger charge is 2.11. The zero-order chi connectivity index (χ0) is 13.7. The summed E-state index contributed by atoms with van der Waals surface area (Å²) >= 11 is 0. The molecule has 0 unspecified atom stereocenters. The Bertz CT molecular complexity index is 553. The van der Waals surface area contributed by atoms with E-state index in [1.54, 1.807) is 12.3 Å². The van der Waals surface area contributed by atoms with Gasteiger partial charge in [0.2, 0.25) is 0 Å². The minimum atomic E-state index is 0.0106. The van der Waals surface area contributed by atoms with E-state index >= 15 is 0 Å². The monoisotopic (exact) mass is 255 g/mol. The Morgan fingerprint density at radius 2 is 2.00 bits per heavy atom. The fourth-order valence-corrected chi connectivity index (χ4v) is 1.86. The lowest BCUT2D eigenvalue weighted by Gasteiger charge is -2.19. The maximum atomic E-state index is 7.55. The van der Waals surface area contributed by atoms with Crippen LogP contribution in [0.15, 0.2) is 42.6 Å². The first-order valence-corrected chi connectivity index (χ1v) is 6.09. The molecule has 0 amide bonds. The van der Waals surface area contributed by atoms with Gasteiger partial charge in [-0.15, -0.1) is 5.10 Å². The minimum absolute atomic E-state index is 0.0106. The molecule has 0 saturated heterocycles. The molecular formula is C14H17N5. The highest BCUT2D eigenvalue weighted by Crippen LogP contribution is 2.14. The Kier molecular flexibility index (Phi) is 4.07. The van der Waals surface area contributed by atoms with Crippen LogP contribution in [0.1, 0.15) is 11.1 Å². The number of likely N-dealkylation sites (N-methyl/N-ethyl adjacent to an activating group) is 1. The standard InChI is InChI=1S/C14H17N5/c1-19(10-8-11-5-3-2-4-6-11)14-12(13(15)16)7-9-17-18-14/h2-7,9H,8,10H2,1H3,(H3,15,16). The first-order valence-electron chi connectivity index (χ1n) is 6.09. The molecule has 3 N–H and O–H groups in total. The maximum Gasteiger partial charge on any atom is 0.162 e. The van der Waals surface area contributed by atoms with E-state index in [9.17, 15) is 0 Å². The van der Waals surface area contributed by atoms with E-state index in [-0.39, 0.29) is 5.84 Å². The molecule has 98 valence electrons. The molecule has 0 aliphatic carbocycles. The van der Waals surface area contributed by atoms with E-state index in [1.807, 2.05) is 30.1 Å². The van der Waals surface area contributed by atoms with E-state index < -0.39 is 0 Å². The SMILES string of the molecule is CN(CCc1ccccc1)c1nnccc1C(=N)N. The van der Waals surface area contributed by atoms with Crippen molar-refractivity contribution in [3.8, 4) is 0 Å². The van der Waals surface area contributed by atoms with Gasteiger partial charge in [0.1, 0.15) is 5.84 Å². The van der Waals surface area contributed by atoms with Gasteiger partial charge >= 0.3 is 0 Å². The van der Waals surface area contributed by atoms with Crippen molar-refractivity contribution < 1.29 is 0 Å². The minimum Gasteiger partial charge on any atom is -0.384 e. The molecule has 0 fully saturated rings. The number of hydrogen-bond donors (Lipinski definition) is 2. The first-order chi connectivity index (χ1) is 9.18. The van der Waals surface area contributed by atoms with Crippen LogP contribution in [0, 0.1) is 5.41 Å². The number of amidine groups is 1. The Morgan fingerprint density at radius 3 is 2.68 bits per heavy atom. The number of hydrogen-bond acceptors (Lipinski definition) is 4. The second kappa shape index (κ2) is 5.95. The number of nitrogen functional groups attached to an aromatic ring is 1. The van der Waals surface area contributed by atoms with Crippen LogP contribution >= 0.6 is 0 Å². The van der Waals surface area contributed by atoms with Crippen LogP contribution in [0.3, 0.4) is 0 Å². The van der Waals surface area contributed by atoms with Gasteiger partial charge in [-0.2, -0.15) is 5.10 Å². The van der Waals surface area contributed by atoms with Gasteiger partial charge in [-0.25, -0.2) is 0 Å². The summed E-state index contributed by atoms with van der Waals surface area (Å²) in [5, 5.41) is 15.5. The summed E-state index contributed by atoms with van der Waals surface area (Å²) in [6.07, 6.45) is 2.45. The fraction of sp³-hybridized carbons (Fsp3) is 0.214. The molecule has 0 radical (unpaired) electrons. The van der Waals surface area contributed by atoms with E-state index in [0.717, 1.165) is 13.0 Å². The normalized spacial score (nSPS) is 10.2. The van der Waals surface area contributed by atoms with Crippen LogP contribution in [0.25, 0.3) is 0 Å². The van der Waals surface area contributed by atoms with Crippen molar-refractivity contribution in [1.29, 1.82) is 5.41 Å². The van der Waals surface area contributed by atoms with E-state index in [0.29, 0.717) is 11.4 Å². The van der Waals surface area contributed by atoms with Gasteiger partial charge in [0, 0.05) is 13.6 Å². The number of nitrogens with zero attached hydrogens (tertiary/aromatic N) is 3. The lowest BCUT2D eigenvalue weighted by molar-refractivity contribution is 0.837. The highest BCUT2D eigenvalue weighted by molar-refractivity contribution is 5.99. The molecule has 5 nitrogen and oxygen atoms in total. The van der Waals surface area contributed by atoms with Gasteiger partial charge in [-0.05, 0) is 18.1 Å². The quantitative estimate of drug-likeness (QED) is 0.626. The first kappa shape index (κ1) is 13.0. The molecular weight excluding hydrogens is 238 g/mol. The molecule has 0 aliphatic rings. The van der Waals surface area contributed by atoms with Gasteiger partial charge in [-0.3, -0.25) is 5.41 Å². The summed E-state index contributed by atoms with van der Waals surface area (Å²) in [6, 6.07) is 12.0. The molecule has 0 bridgehead atoms. The molecule has 5 heteroatoms. The fourth-order valence-electron chi connectivity index (χ4n) is 1.86. The number of aromatic nitrogens is 2. The van der Waals surface area contributed by atoms with Crippen molar-refractivity contribution in [2.24, 2.45) is 5.73 Å². The zero-order valence-electron chi connectivity index (χ0n) is 10.9.